The first-order valence-corrected chi connectivity index (χ1v) is 9.43. The first-order valence-electron chi connectivity index (χ1n) is 8.61. The van der Waals surface area contributed by atoms with Crippen molar-refractivity contribution in [1.82, 2.24) is 15.5 Å². The van der Waals surface area contributed by atoms with Gasteiger partial charge in [0.05, 0.1) is 12.9 Å². The van der Waals surface area contributed by atoms with Gasteiger partial charge >= 0.3 is 0 Å². The van der Waals surface area contributed by atoms with Gasteiger partial charge in [0, 0.05) is 30.8 Å². The van der Waals surface area contributed by atoms with E-state index in [4.69, 9.17) is 9.15 Å². The molecule has 3 rings (SSSR count). The summed E-state index contributed by atoms with van der Waals surface area (Å²) >= 11 is 1.16. The highest BCUT2D eigenvalue weighted by atomic mass is 32.1. The number of carbonyl (C=O) groups is 2. The highest BCUT2D eigenvalue weighted by Gasteiger charge is 2.15. The minimum atomic E-state index is -0.386. The van der Waals surface area contributed by atoms with Crippen molar-refractivity contribution in [3.8, 4) is 0 Å². The quantitative estimate of drug-likeness (QED) is 0.602. The van der Waals surface area contributed by atoms with Crippen LogP contribution >= 0.6 is 11.3 Å². The Labute approximate surface area is 165 Å². The summed E-state index contributed by atoms with van der Waals surface area (Å²) in [5.41, 5.74) is 0.946. The van der Waals surface area contributed by atoms with E-state index in [1.54, 1.807) is 37.6 Å². The Morgan fingerprint density at radius 2 is 2.07 bits per heavy atom. The monoisotopic (exact) mass is 400 g/mol. The number of amides is 2. The van der Waals surface area contributed by atoms with Crippen molar-refractivity contribution >= 4 is 28.8 Å². The lowest BCUT2D eigenvalue weighted by Crippen LogP contribution is -2.34. The highest BCUT2D eigenvalue weighted by molar-refractivity contribution is 7.13. The van der Waals surface area contributed by atoms with Crippen LogP contribution < -0.4 is 10.6 Å². The maximum Gasteiger partial charge on any atom is 0.286 e. The number of anilines is 1. The molecule has 0 fully saturated rings. The summed E-state index contributed by atoms with van der Waals surface area (Å²) in [5, 5.41) is 14.2. The van der Waals surface area contributed by atoms with Crippen molar-refractivity contribution in [3.63, 3.8) is 0 Å². The van der Waals surface area contributed by atoms with Gasteiger partial charge in [-0.3, -0.25) is 9.59 Å². The predicted molar refractivity (Wildman–Crippen MR) is 104 cm³/mol. The fourth-order valence-electron chi connectivity index (χ4n) is 2.54. The van der Waals surface area contributed by atoms with E-state index in [0.717, 1.165) is 17.1 Å². The molecule has 2 heterocycles. The predicted octanol–water partition coefficient (Wildman–Crippen LogP) is 2.89. The summed E-state index contributed by atoms with van der Waals surface area (Å²) in [6.07, 6.45) is 2.20. The molecule has 0 bridgehead atoms. The van der Waals surface area contributed by atoms with Crippen LogP contribution in [-0.4, -0.2) is 35.2 Å². The van der Waals surface area contributed by atoms with Crippen molar-refractivity contribution in [2.24, 2.45) is 0 Å². The standard InChI is InChI=1S/C19H20N4O4S/c1-12(9-15-7-4-8-27-15)20-17(24)13-5-3-6-14(10-13)21-18(25)19-23-22-16(28-19)11-26-2/h3-8,10,12H,9,11H2,1-2H3,(H,20,24)(H,21,25)/t12-/m0/s1. The number of methoxy groups -OCH3 is 1. The van der Waals surface area contributed by atoms with Gasteiger partial charge in [0.15, 0.2) is 0 Å². The Bertz CT molecular complexity index is 939. The van der Waals surface area contributed by atoms with Crippen LogP contribution in [0.2, 0.25) is 0 Å². The van der Waals surface area contributed by atoms with Crippen LogP contribution in [0, 0.1) is 0 Å². The smallest absolute Gasteiger partial charge is 0.286 e. The van der Waals surface area contributed by atoms with E-state index in [9.17, 15) is 9.59 Å². The van der Waals surface area contributed by atoms with Crippen molar-refractivity contribution in [2.45, 2.75) is 26.0 Å². The molecule has 0 unspecified atom stereocenters. The molecular weight excluding hydrogens is 380 g/mol. The zero-order valence-electron chi connectivity index (χ0n) is 15.5. The van der Waals surface area contributed by atoms with E-state index in [1.807, 2.05) is 19.1 Å². The van der Waals surface area contributed by atoms with Crippen LogP contribution in [0.4, 0.5) is 5.69 Å². The maximum atomic E-state index is 12.5. The molecule has 28 heavy (non-hydrogen) atoms. The third-order valence-electron chi connectivity index (χ3n) is 3.78. The molecule has 0 aliphatic carbocycles. The van der Waals surface area contributed by atoms with Gasteiger partial charge in [0.1, 0.15) is 10.8 Å². The summed E-state index contributed by atoms with van der Waals surface area (Å²) in [6, 6.07) is 10.3. The number of hydrogen-bond acceptors (Lipinski definition) is 7. The molecule has 0 saturated heterocycles. The fraction of sp³-hybridized carbons (Fsp3) is 0.263. The summed E-state index contributed by atoms with van der Waals surface area (Å²) in [4.78, 5) is 24.8. The zero-order chi connectivity index (χ0) is 19.9. The number of furan rings is 1. The van der Waals surface area contributed by atoms with Crippen LogP contribution in [0.25, 0.3) is 0 Å². The Morgan fingerprint density at radius 3 is 2.82 bits per heavy atom. The lowest BCUT2D eigenvalue weighted by atomic mass is 10.1. The molecule has 2 N–H and O–H groups in total. The number of hydrogen-bond donors (Lipinski definition) is 2. The van der Waals surface area contributed by atoms with Crippen LogP contribution in [0.15, 0.2) is 47.1 Å². The van der Waals surface area contributed by atoms with Gasteiger partial charge in [0.25, 0.3) is 11.8 Å². The fourth-order valence-corrected chi connectivity index (χ4v) is 3.25. The number of benzene rings is 1. The summed E-state index contributed by atoms with van der Waals surface area (Å²) in [5.74, 6) is 0.191. The van der Waals surface area contributed by atoms with Gasteiger partial charge in [-0.25, -0.2) is 0 Å². The molecule has 2 amide bonds. The number of ether oxygens (including phenoxy) is 1. The SMILES string of the molecule is COCc1nnc(C(=O)Nc2cccc(C(=O)N[C@@H](C)Cc3ccco3)c2)s1. The Balaban J connectivity index is 1.60. The molecule has 3 aromatic rings. The molecule has 146 valence electrons. The van der Waals surface area contributed by atoms with Crippen molar-refractivity contribution in [1.29, 1.82) is 0 Å². The average Bonchev–Trinajstić information content (AvgIpc) is 3.34. The van der Waals surface area contributed by atoms with Crippen LogP contribution in [0.3, 0.4) is 0 Å². The Morgan fingerprint density at radius 1 is 1.21 bits per heavy atom. The van der Waals surface area contributed by atoms with E-state index in [-0.39, 0.29) is 22.9 Å². The van der Waals surface area contributed by atoms with Crippen LogP contribution in [0.5, 0.6) is 0 Å². The number of aromatic nitrogens is 2. The third kappa shape index (κ3) is 5.24. The second-order valence-electron chi connectivity index (χ2n) is 6.13. The molecule has 9 heteroatoms. The van der Waals surface area contributed by atoms with Gasteiger partial charge < -0.3 is 19.8 Å². The molecule has 8 nitrogen and oxygen atoms in total. The number of nitrogens with zero attached hydrogens (tertiary/aromatic N) is 2. The molecule has 0 spiro atoms. The van der Waals surface area contributed by atoms with Crippen molar-refractivity contribution < 1.29 is 18.7 Å². The largest absolute Gasteiger partial charge is 0.469 e. The van der Waals surface area contributed by atoms with E-state index in [2.05, 4.69) is 20.8 Å². The maximum absolute atomic E-state index is 12.5. The van der Waals surface area contributed by atoms with Gasteiger partial charge in [-0.15, -0.1) is 10.2 Å². The van der Waals surface area contributed by atoms with E-state index in [1.165, 1.54) is 0 Å². The Kier molecular flexibility index (Phi) is 6.51. The minimum absolute atomic E-state index is 0.0995. The number of nitrogens with one attached hydrogen (secondary N) is 2. The summed E-state index contributed by atoms with van der Waals surface area (Å²) in [7, 11) is 1.55. The van der Waals surface area contributed by atoms with Gasteiger partial charge in [-0.1, -0.05) is 17.4 Å². The minimum Gasteiger partial charge on any atom is -0.469 e. The third-order valence-corrected chi connectivity index (χ3v) is 4.67. The molecule has 2 aromatic heterocycles. The molecule has 1 atom stereocenters. The van der Waals surface area contributed by atoms with Crippen LogP contribution in [0.1, 0.15) is 37.9 Å². The zero-order valence-corrected chi connectivity index (χ0v) is 16.3. The second kappa shape index (κ2) is 9.25. The summed E-state index contributed by atoms with van der Waals surface area (Å²) < 4.78 is 10.3. The second-order valence-corrected chi connectivity index (χ2v) is 7.19. The van der Waals surface area contributed by atoms with Gasteiger partial charge in [-0.2, -0.15) is 0 Å². The lowest BCUT2D eigenvalue weighted by molar-refractivity contribution is 0.0938. The molecular formula is C19H20N4O4S. The molecule has 0 saturated carbocycles. The Hall–Kier alpha value is -3.04. The van der Waals surface area contributed by atoms with Crippen molar-refractivity contribution in [3.05, 3.63) is 64.0 Å². The molecule has 0 aliphatic heterocycles. The molecule has 1 aromatic carbocycles. The van der Waals surface area contributed by atoms with Gasteiger partial charge in [0.2, 0.25) is 5.01 Å². The number of carbonyl (C=O) groups excluding carboxylic acids is 2. The van der Waals surface area contributed by atoms with Gasteiger partial charge in [-0.05, 0) is 37.3 Å². The average molecular weight is 400 g/mol. The normalized spacial score (nSPS) is 11.8. The van der Waals surface area contributed by atoms with E-state index >= 15 is 0 Å². The lowest BCUT2D eigenvalue weighted by Gasteiger charge is -2.13. The molecule has 0 aliphatic rings. The topological polar surface area (TPSA) is 106 Å². The highest BCUT2D eigenvalue weighted by Crippen LogP contribution is 2.16. The van der Waals surface area contributed by atoms with E-state index in [0.29, 0.717) is 29.3 Å². The number of rotatable bonds is 8. The first-order chi connectivity index (χ1) is 13.5. The van der Waals surface area contributed by atoms with E-state index < -0.39 is 0 Å². The summed E-state index contributed by atoms with van der Waals surface area (Å²) in [6.45, 7) is 2.20. The first kappa shape index (κ1) is 19.7. The van der Waals surface area contributed by atoms with Crippen molar-refractivity contribution in [2.75, 3.05) is 12.4 Å². The van der Waals surface area contributed by atoms with Crippen LogP contribution in [-0.2, 0) is 17.8 Å². The molecule has 0 radical (unpaired) electrons.